The fourth-order valence-corrected chi connectivity index (χ4v) is 7.00. The molecule has 6 rings (SSSR count). The molecule has 1 heterocycles. The quantitative estimate of drug-likeness (QED) is 0.706. The molecule has 2 bridgehead atoms. The van der Waals surface area contributed by atoms with Crippen molar-refractivity contribution in [2.45, 2.75) is 62.8 Å². The number of Topliss-reactive ketones (excluding diaryl/α,β-unsaturated/α-hetero) is 1. The van der Waals surface area contributed by atoms with Crippen molar-refractivity contribution in [3.8, 4) is 0 Å². The molecule has 3 fully saturated rings. The van der Waals surface area contributed by atoms with Gasteiger partial charge in [-0.15, -0.1) is 0 Å². The molecular weight excluding hydrogens is 396 g/mol. The summed E-state index contributed by atoms with van der Waals surface area (Å²) in [5.41, 5.74) is 3.66. The number of carbonyl (C=O) groups excluding carboxylic acids is 2. The van der Waals surface area contributed by atoms with Crippen molar-refractivity contribution < 1.29 is 9.59 Å². The molecule has 0 spiro atoms. The van der Waals surface area contributed by atoms with E-state index in [9.17, 15) is 9.59 Å². The van der Waals surface area contributed by atoms with Crippen molar-refractivity contribution in [3.05, 3.63) is 65.2 Å². The molecule has 4 aliphatic rings. The van der Waals surface area contributed by atoms with E-state index in [1.807, 2.05) is 42.5 Å². The minimum absolute atomic E-state index is 0.0573. The molecule has 2 saturated carbocycles. The Labute approximate surface area is 190 Å². The van der Waals surface area contributed by atoms with Gasteiger partial charge in [0.25, 0.3) is 5.91 Å². The molecule has 4 heteroatoms. The highest BCUT2D eigenvalue weighted by Gasteiger charge is 2.57. The number of piperidine rings is 1. The van der Waals surface area contributed by atoms with Crippen LogP contribution in [0.3, 0.4) is 0 Å². The van der Waals surface area contributed by atoms with Gasteiger partial charge in [-0.2, -0.15) is 0 Å². The maximum atomic E-state index is 13.8. The first-order valence-corrected chi connectivity index (χ1v) is 12.4. The topological polar surface area (TPSA) is 49.4 Å². The van der Waals surface area contributed by atoms with Gasteiger partial charge in [0.05, 0.1) is 6.04 Å². The first-order chi connectivity index (χ1) is 15.7. The van der Waals surface area contributed by atoms with E-state index in [0.29, 0.717) is 17.3 Å². The summed E-state index contributed by atoms with van der Waals surface area (Å²) in [5, 5.41) is 3.08. The van der Waals surface area contributed by atoms with Gasteiger partial charge in [-0.3, -0.25) is 14.5 Å². The van der Waals surface area contributed by atoms with Crippen LogP contribution in [0.5, 0.6) is 0 Å². The van der Waals surface area contributed by atoms with Gasteiger partial charge < -0.3 is 5.32 Å². The van der Waals surface area contributed by atoms with Gasteiger partial charge in [0.15, 0.2) is 5.78 Å². The van der Waals surface area contributed by atoms with Crippen molar-refractivity contribution in [2.24, 2.45) is 11.8 Å². The Morgan fingerprint density at radius 1 is 1.00 bits per heavy atom. The summed E-state index contributed by atoms with van der Waals surface area (Å²) in [4.78, 5) is 29.1. The number of likely N-dealkylation sites (tertiary alicyclic amines) is 1. The predicted molar refractivity (Wildman–Crippen MR) is 126 cm³/mol. The van der Waals surface area contributed by atoms with E-state index in [1.54, 1.807) is 0 Å². The van der Waals surface area contributed by atoms with Crippen LogP contribution in [0.1, 0.15) is 77.6 Å². The molecule has 4 nitrogen and oxygen atoms in total. The Morgan fingerprint density at radius 2 is 1.84 bits per heavy atom. The zero-order valence-electron chi connectivity index (χ0n) is 18.7. The molecule has 1 N–H and O–H groups in total. The number of anilines is 1. The Hall–Kier alpha value is -2.46. The van der Waals surface area contributed by atoms with Crippen molar-refractivity contribution in [3.63, 3.8) is 0 Å². The Morgan fingerprint density at radius 3 is 2.62 bits per heavy atom. The molecule has 2 aromatic rings. The number of nitrogens with zero attached hydrogens (tertiary/aromatic N) is 1. The van der Waals surface area contributed by atoms with Gasteiger partial charge in [0.2, 0.25) is 0 Å². The largest absolute Gasteiger partial charge is 0.322 e. The van der Waals surface area contributed by atoms with E-state index in [0.717, 1.165) is 43.1 Å². The van der Waals surface area contributed by atoms with Gasteiger partial charge >= 0.3 is 0 Å². The summed E-state index contributed by atoms with van der Waals surface area (Å²) in [6.07, 6.45) is 9.93. The number of carbonyl (C=O) groups is 2. The average Bonchev–Trinajstić information content (AvgIpc) is 2.80. The average molecular weight is 429 g/mol. The van der Waals surface area contributed by atoms with Gasteiger partial charge in [-0.25, -0.2) is 0 Å². The summed E-state index contributed by atoms with van der Waals surface area (Å²) in [6.45, 7) is 2.13. The van der Waals surface area contributed by atoms with Crippen molar-refractivity contribution in [1.82, 2.24) is 4.90 Å². The summed E-state index contributed by atoms with van der Waals surface area (Å²) in [5.74, 6) is 1.43. The van der Waals surface area contributed by atoms with Crippen LogP contribution in [-0.2, 0) is 5.41 Å². The highest BCUT2D eigenvalue weighted by atomic mass is 16.1. The van der Waals surface area contributed by atoms with Crippen LogP contribution in [0, 0.1) is 11.8 Å². The molecule has 0 radical (unpaired) electrons. The second-order valence-electron chi connectivity index (χ2n) is 10.4. The maximum Gasteiger partial charge on any atom is 0.255 e. The Bertz CT molecular complexity index is 1040. The highest BCUT2D eigenvalue weighted by Crippen LogP contribution is 2.56. The zero-order chi connectivity index (χ0) is 21.7. The summed E-state index contributed by atoms with van der Waals surface area (Å²) < 4.78 is 0. The fourth-order valence-electron chi connectivity index (χ4n) is 7.00. The molecular formula is C28H32N2O2. The third-order valence-corrected chi connectivity index (χ3v) is 8.82. The molecule has 166 valence electrons. The number of ketones is 1. The predicted octanol–water partition coefficient (Wildman–Crippen LogP) is 5.44. The van der Waals surface area contributed by atoms with Gasteiger partial charge in [0.1, 0.15) is 0 Å². The minimum Gasteiger partial charge on any atom is -0.322 e. The maximum absolute atomic E-state index is 13.8. The second kappa shape index (κ2) is 7.84. The lowest BCUT2D eigenvalue weighted by Gasteiger charge is -2.58. The lowest BCUT2D eigenvalue weighted by Crippen LogP contribution is -2.64. The number of rotatable bonds is 4. The molecule has 1 saturated heterocycles. The van der Waals surface area contributed by atoms with Crippen LogP contribution < -0.4 is 5.32 Å². The number of hydrogen-bond acceptors (Lipinski definition) is 3. The summed E-state index contributed by atoms with van der Waals surface area (Å²) >= 11 is 0. The third-order valence-electron chi connectivity index (χ3n) is 8.82. The van der Waals surface area contributed by atoms with E-state index in [2.05, 4.69) is 16.3 Å². The lowest BCUT2D eigenvalue weighted by atomic mass is 9.52. The number of nitrogens with one attached hydrogen (secondary N) is 1. The van der Waals surface area contributed by atoms with Crippen LogP contribution >= 0.6 is 0 Å². The Kier molecular flexibility index (Phi) is 4.94. The van der Waals surface area contributed by atoms with Crippen molar-refractivity contribution in [2.75, 3.05) is 18.4 Å². The molecule has 3 atom stereocenters. The van der Waals surface area contributed by atoms with Crippen molar-refractivity contribution in [1.29, 1.82) is 0 Å². The van der Waals surface area contributed by atoms with E-state index >= 15 is 0 Å². The number of hydrogen-bond donors (Lipinski definition) is 1. The van der Waals surface area contributed by atoms with Crippen LogP contribution in [0.15, 0.2) is 48.5 Å². The second-order valence-corrected chi connectivity index (χ2v) is 10.4. The van der Waals surface area contributed by atoms with Gasteiger partial charge in [0, 0.05) is 28.8 Å². The normalized spacial score (nSPS) is 29.6. The van der Waals surface area contributed by atoms with E-state index < -0.39 is 0 Å². The van der Waals surface area contributed by atoms with Crippen molar-refractivity contribution >= 4 is 17.4 Å². The molecule has 2 aromatic carbocycles. The minimum atomic E-state index is -0.0985. The van der Waals surface area contributed by atoms with Crippen LogP contribution in [0.25, 0.3) is 0 Å². The monoisotopic (exact) mass is 428 g/mol. The highest BCUT2D eigenvalue weighted by molar-refractivity contribution is 6.06. The van der Waals surface area contributed by atoms with E-state index in [-0.39, 0.29) is 17.4 Å². The molecule has 0 aromatic heterocycles. The molecule has 1 amide bonds. The van der Waals surface area contributed by atoms with E-state index in [4.69, 9.17) is 0 Å². The standard InChI is InChI=1S/C28H32N2O2/c31-26-22-13-12-21(29-27(32)20-9-2-1-3-10-20)17-24(22)28-14-5-4-11-23(28)25(26)30(16-15-28)18-19-7-6-8-19/h1-3,9-10,12-13,17,19,23,25H,4-8,11,14-16,18H2,(H,29,32)/t23-,25-,28+/m0/s1. The summed E-state index contributed by atoms with van der Waals surface area (Å²) in [7, 11) is 0. The van der Waals surface area contributed by atoms with Crippen LogP contribution in [-0.4, -0.2) is 35.7 Å². The fraction of sp³-hybridized carbons (Fsp3) is 0.500. The lowest BCUT2D eigenvalue weighted by molar-refractivity contribution is -0.0134. The third kappa shape index (κ3) is 3.14. The van der Waals surface area contributed by atoms with Gasteiger partial charge in [-0.05, 0) is 86.4 Å². The number of amides is 1. The first-order valence-electron chi connectivity index (χ1n) is 12.4. The zero-order valence-corrected chi connectivity index (χ0v) is 18.7. The van der Waals surface area contributed by atoms with Gasteiger partial charge in [-0.1, -0.05) is 37.5 Å². The molecule has 32 heavy (non-hydrogen) atoms. The number of fused-ring (bicyclic) bond motifs is 1. The van der Waals surface area contributed by atoms with Crippen LogP contribution in [0.2, 0.25) is 0 Å². The molecule has 3 aliphatic carbocycles. The summed E-state index contributed by atoms with van der Waals surface area (Å²) in [6, 6.07) is 15.4. The van der Waals surface area contributed by atoms with E-state index in [1.165, 1.54) is 44.1 Å². The molecule has 0 unspecified atom stereocenters. The number of benzene rings is 2. The molecule has 1 aliphatic heterocycles. The smallest absolute Gasteiger partial charge is 0.255 e. The Balaban J connectivity index is 1.35. The van der Waals surface area contributed by atoms with Crippen LogP contribution in [0.4, 0.5) is 5.69 Å². The first kappa shape index (κ1) is 20.2. The SMILES string of the molecule is O=C(Nc1ccc2c(c1)[C@@]13CCCC[C@H]1[C@@H](C2=O)N(CC1CCC1)CC3)c1ccccc1.